The molecule has 28 heavy (non-hydrogen) atoms. The molecule has 0 aromatic carbocycles. The quantitative estimate of drug-likeness (QED) is 0.557. The fraction of sp³-hybridized carbons (Fsp3) is 0.556. The summed E-state index contributed by atoms with van der Waals surface area (Å²) < 4.78 is 35.9. The van der Waals surface area contributed by atoms with Crippen LogP contribution in [0.3, 0.4) is 0 Å². The monoisotopic (exact) mass is 409 g/mol. The zero-order chi connectivity index (χ0) is 19.9. The number of hydrogen-bond acceptors (Lipinski definition) is 6. The van der Waals surface area contributed by atoms with Crippen molar-refractivity contribution in [2.45, 2.75) is 56.3 Å². The summed E-state index contributed by atoms with van der Waals surface area (Å²) in [6.07, 6.45) is 6.25. The summed E-state index contributed by atoms with van der Waals surface area (Å²) >= 11 is 1.33. The Hall–Kier alpha value is -2.23. The van der Waals surface area contributed by atoms with Crippen LogP contribution in [0.5, 0.6) is 5.75 Å². The van der Waals surface area contributed by atoms with Crippen LogP contribution in [-0.2, 0) is 6.54 Å². The largest absolute Gasteiger partial charge is 0.491 e. The smallest absolute Gasteiger partial charge is 0.268 e. The Morgan fingerprint density at radius 1 is 1.36 bits per heavy atom. The minimum atomic E-state index is -2.89. The minimum Gasteiger partial charge on any atom is -0.491 e. The van der Waals surface area contributed by atoms with Gasteiger partial charge in [0.1, 0.15) is 5.56 Å². The molecule has 0 radical (unpaired) electrons. The topological polar surface area (TPSA) is 73.1 Å². The summed E-state index contributed by atoms with van der Waals surface area (Å²) in [4.78, 5) is 23.3. The van der Waals surface area contributed by atoms with Gasteiger partial charge in [-0.3, -0.25) is 4.79 Å². The first-order valence-electron chi connectivity index (χ1n) is 9.26. The Morgan fingerprint density at radius 3 is 2.89 bits per heavy atom. The second-order valence-corrected chi connectivity index (χ2v) is 7.64. The van der Waals surface area contributed by atoms with E-state index in [1.807, 2.05) is 13.2 Å². The number of thioether (sulfide) groups is 1. The van der Waals surface area contributed by atoms with Gasteiger partial charge in [-0.15, -0.1) is 0 Å². The first-order valence-corrected chi connectivity index (χ1v) is 10.5. The van der Waals surface area contributed by atoms with Gasteiger partial charge in [-0.05, 0) is 26.0 Å². The third-order valence-electron chi connectivity index (χ3n) is 5.11. The number of aromatic nitrogens is 4. The number of hydrogen-bond donors (Lipinski definition) is 0. The molecule has 1 atom stereocenters. The van der Waals surface area contributed by atoms with Crippen LogP contribution in [0.1, 0.15) is 48.7 Å². The zero-order valence-corrected chi connectivity index (χ0v) is 16.5. The second kappa shape index (κ2) is 7.31. The molecular formula is C18H21F2N5O2S. The average molecular weight is 409 g/mol. The molecular weight excluding hydrogens is 388 g/mol. The molecule has 2 aromatic rings. The van der Waals surface area contributed by atoms with Gasteiger partial charge in [0.15, 0.2) is 16.7 Å². The fourth-order valence-corrected chi connectivity index (χ4v) is 4.19. The molecule has 3 heterocycles. The molecule has 10 heteroatoms. The van der Waals surface area contributed by atoms with Gasteiger partial charge in [-0.25, -0.2) is 23.4 Å². The average Bonchev–Trinajstić information content (AvgIpc) is 3.26. The van der Waals surface area contributed by atoms with Gasteiger partial charge < -0.3 is 9.64 Å². The van der Waals surface area contributed by atoms with Crippen molar-refractivity contribution < 1.29 is 18.3 Å². The van der Waals surface area contributed by atoms with Crippen LogP contribution in [0, 0.1) is 0 Å². The maximum atomic E-state index is 14.5. The summed E-state index contributed by atoms with van der Waals surface area (Å²) in [7, 11) is 0. The normalized spacial score (nSPS) is 21.1. The van der Waals surface area contributed by atoms with Crippen molar-refractivity contribution in [1.29, 1.82) is 0 Å². The number of halogens is 2. The van der Waals surface area contributed by atoms with E-state index in [2.05, 4.69) is 15.1 Å². The van der Waals surface area contributed by atoms with Crippen molar-refractivity contribution in [2.75, 3.05) is 12.9 Å². The van der Waals surface area contributed by atoms with Crippen LogP contribution < -0.4 is 4.74 Å². The van der Waals surface area contributed by atoms with Crippen LogP contribution in [-0.4, -0.2) is 55.4 Å². The van der Waals surface area contributed by atoms with Crippen molar-refractivity contribution >= 4 is 17.7 Å². The van der Waals surface area contributed by atoms with Crippen molar-refractivity contribution in [3.8, 4) is 11.6 Å². The minimum absolute atomic E-state index is 0.0666. The van der Waals surface area contributed by atoms with Crippen LogP contribution in [0.25, 0.3) is 5.82 Å². The molecule has 0 bridgehead atoms. The highest BCUT2D eigenvalue weighted by atomic mass is 32.2. The Balaban J connectivity index is 1.75. The lowest BCUT2D eigenvalue weighted by atomic mass is 9.90. The number of ether oxygens (including phenoxy) is 1. The van der Waals surface area contributed by atoms with E-state index in [-0.39, 0.29) is 18.5 Å². The lowest BCUT2D eigenvalue weighted by Gasteiger charge is -2.37. The Morgan fingerprint density at radius 2 is 2.18 bits per heavy atom. The summed E-state index contributed by atoms with van der Waals surface area (Å²) in [5, 5.41) is 4.70. The molecule has 1 fully saturated rings. The zero-order valence-electron chi connectivity index (χ0n) is 15.7. The summed E-state index contributed by atoms with van der Waals surface area (Å²) in [6.45, 7) is 2.40. The van der Waals surface area contributed by atoms with Gasteiger partial charge in [0.25, 0.3) is 11.8 Å². The number of nitrogens with zero attached hydrogens (tertiary/aromatic N) is 5. The lowest BCUT2D eigenvalue weighted by molar-refractivity contribution is -0.0969. The predicted octanol–water partition coefficient (Wildman–Crippen LogP) is 3.32. The molecule has 0 spiro atoms. The van der Waals surface area contributed by atoms with Gasteiger partial charge in [0.2, 0.25) is 0 Å². The van der Waals surface area contributed by atoms with Gasteiger partial charge in [0.05, 0.1) is 37.3 Å². The highest BCUT2D eigenvalue weighted by molar-refractivity contribution is 7.98. The first kappa shape index (κ1) is 19.1. The molecule has 1 aliphatic heterocycles. The van der Waals surface area contributed by atoms with Crippen molar-refractivity contribution in [3.63, 3.8) is 0 Å². The molecule has 7 nitrogen and oxygen atoms in total. The fourth-order valence-electron chi connectivity index (χ4n) is 3.81. The highest BCUT2D eigenvalue weighted by Crippen LogP contribution is 2.40. The van der Waals surface area contributed by atoms with E-state index in [4.69, 9.17) is 4.74 Å². The molecule has 0 N–H and O–H groups in total. The predicted molar refractivity (Wildman–Crippen MR) is 99.2 cm³/mol. The Kier molecular flexibility index (Phi) is 4.98. The van der Waals surface area contributed by atoms with Crippen molar-refractivity contribution in [3.05, 3.63) is 23.7 Å². The number of rotatable bonds is 5. The number of amides is 1. The lowest BCUT2D eigenvalue weighted by Crippen LogP contribution is -2.49. The van der Waals surface area contributed by atoms with Gasteiger partial charge >= 0.3 is 0 Å². The maximum absolute atomic E-state index is 14.5. The SMILES string of the molecule is CCOc1cnn(-c2nc(SC)nc3c2C(=O)N([C@H]2CCCCC2(F)F)C3)c1. The van der Waals surface area contributed by atoms with Crippen molar-refractivity contribution in [1.82, 2.24) is 24.6 Å². The number of carbonyl (C=O) groups is 1. The van der Waals surface area contributed by atoms with Gasteiger partial charge in [-0.1, -0.05) is 18.2 Å². The van der Waals surface area contributed by atoms with E-state index < -0.39 is 17.9 Å². The highest BCUT2D eigenvalue weighted by Gasteiger charge is 2.49. The molecule has 2 aliphatic rings. The standard InChI is InChI=1S/C18H21F2N5O2S/c1-3-27-11-8-21-25(9-11)15-14-12(22-17(23-15)28-2)10-24(16(14)26)13-6-4-5-7-18(13,19)20/h8-9,13H,3-7,10H2,1-2H3/t13-/m0/s1. The summed E-state index contributed by atoms with van der Waals surface area (Å²) in [5.41, 5.74) is 0.708. The van der Waals surface area contributed by atoms with Crippen LogP contribution in [0.2, 0.25) is 0 Å². The van der Waals surface area contributed by atoms with Crippen molar-refractivity contribution in [2.24, 2.45) is 0 Å². The third-order valence-corrected chi connectivity index (χ3v) is 5.66. The van der Waals surface area contributed by atoms with E-state index in [9.17, 15) is 13.6 Å². The molecule has 4 rings (SSSR count). The molecule has 150 valence electrons. The molecule has 1 amide bonds. The number of carbonyl (C=O) groups excluding carboxylic acids is 1. The van der Waals surface area contributed by atoms with Crippen LogP contribution in [0.4, 0.5) is 8.78 Å². The van der Waals surface area contributed by atoms with E-state index in [1.165, 1.54) is 27.5 Å². The summed E-state index contributed by atoms with van der Waals surface area (Å²) in [5.74, 6) is -2.51. The van der Waals surface area contributed by atoms with Crippen LogP contribution in [0.15, 0.2) is 17.6 Å². The Labute approximate surface area is 165 Å². The van der Waals surface area contributed by atoms with Gasteiger partial charge in [-0.2, -0.15) is 5.10 Å². The van der Waals surface area contributed by atoms with E-state index in [0.717, 1.165) is 0 Å². The maximum Gasteiger partial charge on any atom is 0.268 e. The second-order valence-electron chi connectivity index (χ2n) is 6.86. The molecule has 2 aromatic heterocycles. The van der Waals surface area contributed by atoms with E-state index >= 15 is 0 Å². The number of fused-ring (bicyclic) bond motifs is 1. The third kappa shape index (κ3) is 3.23. The van der Waals surface area contributed by atoms with E-state index in [1.54, 1.807) is 6.20 Å². The summed E-state index contributed by atoms with van der Waals surface area (Å²) in [6, 6.07) is -1.11. The molecule has 0 saturated heterocycles. The molecule has 0 unspecified atom stereocenters. The van der Waals surface area contributed by atoms with E-state index in [0.29, 0.717) is 48.3 Å². The van der Waals surface area contributed by atoms with Crippen LogP contribution >= 0.6 is 11.8 Å². The number of alkyl halides is 2. The molecule has 1 saturated carbocycles. The van der Waals surface area contributed by atoms with Gasteiger partial charge in [0, 0.05) is 6.42 Å². The molecule has 1 aliphatic carbocycles. The Bertz CT molecular complexity index is 904. The first-order chi connectivity index (χ1) is 13.4.